The van der Waals surface area contributed by atoms with Crippen LogP contribution in [0.15, 0.2) is 164 Å². The quantitative estimate of drug-likeness (QED) is 0.191. The molecule has 0 aliphatic carbocycles. The Morgan fingerprint density at radius 1 is 0.333 bits per heavy atom. The largest absolute Gasteiger partial charge is 0.311 e. The zero-order chi connectivity index (χ0) is 29.5. The van der Waals surface area contributed by atoms with E-state index in [0.29, 0.717) is 0 Å². The van der Waals surface area contributed by atoms with Gasteiger partial charge in [0.25, 0.3) is 6.71 Å². The zero-order valence-corrected chi connectivity index (χ0v) is 24.6. The molecule has 2 heterocycles. The van der Waals surface area contributed by atoms with Gasteiger partial charge in [0.1, 0.15) is 0 Å². The molecule has 0 fully saturated rings. The summed E-state index contributed by atoms with van der Waals surface area (Å²) >= 11 is 0. The van der Waals surface area contributed by atoms with E-state index in [1.54, 1.807) is 0 Å². The molecule has 2 aliphatic rings. The SMILES string of the molecule is c1ccc(N2c3cccc4c3B(c3ccc5ccccc5c32)c2ccc3ccccc3c2N4c2cccc3ccccc23)cc1. The standard InChI is InChI=1S/C42H27BN2/c1-2-16-31(17-3-1)44-38-22-11-23-39-40(38)43(35-26-24-29-13-5-8-19-33(29)41(35)44)36-27-25-30-14-6-9-20-34(30)42(36)45(39)37-21-10-15-28-12-4-7-18-32(28)37/h1-27H. The van der Waals surface area contributed by atoms with E-state index in [4.69, 9.17) is 0 Å². The van der Waals surface area contributed by atoms with Crippen LogP contribution >= 0.6 is 0 Å². The van der Waals surface area contributed by atoms with Gasteiger partial charge in [0, 0.05) is 44.6 Å². The van der Waals surface area contributed by atoms with Gasteiger partial charge < -0.3 is 9.80 Å². The monoisotopic (exact) mass is 570 g/mol. The number of nitrogens with zero attached hydrogens (tertiary/aromatic N) is 2. The molecule has 0 bridgehead atoms. The Kier molecular flexibility index (Phi) is 5.12. The van der Waals surface area contributed by atoms with Crippen LogP contribution in [0.4, 0.5) is 34.1 Å². The second kappa shape index (κ2) is 9.35. The first-order valence-corrected chi connectivity index (χ1v) is 15.7. The molecule has 0 aromatic heterocycles. The van der Waals surface area contributed by atoms with Crippen LogP contribution in [0.5, 0.6) is 0 Å². The Balaban J connectivity index is 1.38. The van der Waals surface area contributed by atoms with E-state index >= 15 is 0 Å². The third kappa shape index (κ3) is 3.41. The van der Waals surface area contributed by atoms with Crippen molar-refractivity contribution >= 4 is 89.5 Å². The summed E-state index contributed by atoms with van der Waals surface area (Å²) in [6.07, 6.45) is 0. The number of hydrogen-bond donors (Lipinski definition) is 0. The number of fused-ring (bicyclic) bond motifs is 9. The molecule has 0 N–H and O–H groups in total. The highest BCUT2D eigenvalue weighted by Gasteiger charge is 2.44. The van der Waals surface area contributed by atoms with Crippen molar-refractivity contribution in [2.75, 3.05) is 9.80 Å². The van der Waals surface area contributed by atoms with Crippen LogP contribution in [-0.2, 0) is 0 Å². The number of hydrogen-bond acceptors (Lipinski definition) is 2. The molecule has 3 heteroatoms. The van der Waals surface area contributed by atoms with Gasteiger partial charge in [-0.2, -0.15) is 0 Å². The molecule has 208 valence electrons. The second-order valence-electron chi connectivity index (χ2n) is 12.1. The average molecular weight is 571 g/mol. The minimum absolute atomic E-state index is 0.0848. The first-order chi connectivity index (χ1) is 22.4. The van der Waals surface area contributed by atoms with Gasteiger partial charge in [-0.25, -0.2) is 0 Å². The number of para-hydroxylation sites is 1. The summed E-state index contributed by atoms with van der Waals surface area (Å²) in [7, 11) is 0. The normalized spacial score (nSPS) is 13.2. The maximum Gasteiger partial charge on any atom is 0.252 e. The van der Waals surface area contributed by atoms with Gasteiger partial charge in [0.15, 0.2) is 0 Å². The molecule has 10 rings (SSSR count). The minimum atomic E-state index is 0.0848. The van der Waals surface area contributed by atoms with E-state index in [1.807, 2.05) is 0 Å². The second-order valence-corrected chi connectivity index (χ2v) is 12.1. The van der Waals surface area contributed by atoms with E-state index in [0.717, 1.165) is 0 Å². The fraction of sp³-hybridized carbons (Fsp3) is 0. The van der Waals surface area contributed by atoms with Crippen LogP contribution in [0.1, 0.15) is 0 Å². The molecule has 0 saturated carbocycles. The lowest BCUT2D eigenvalue weighted by Gasteiger charge is -2.45. The first-order valence-electron chi connectivity index (χ1n) is 15.7. The number of benzene rings is 8. The molecule has 2 nitrogen and oxygen atoms in total. The fourth-order valence-corrected chi connectivity index (χ4v) is 7.95. The first kappa shape index (κ1) is 24.6. The van der Waals surface area contributed by atoms with Crippen molar-refractivity contribution in [1.82, 2.24) is 0 Å². The van der Waals surface area contributed by atoms with Crippen molar-refractivity contribution in [3.63, 3.8) is 0 Å². The molecule has 45 heavy (non-hydrogen) atoms. The summed E-state index contributed by atoms with van der Waals surface area (Å²) in [5, 5.41) is 7.54. The Morgan fingerprint density at radius 3 is 1.47 bits per heavy atom. The molecule has 2 aliphatic heterocycles. The van der Waals surface area contributed by atoms with Crippen LogP contribution < -0.4 is 26.2 Å². The Hall–Kier alpha value is -5.80. The van der Waals surface area contributed by atoms with Gasteiger partial charge in [0.2, 0.25) is 0 Å². The van der Waals surface area contributed by atoms with E-state index in [1.165, 1.54) is 82.8 Å². The maximum absolute atomic E-state index is 2.55. The molecule has 0 atom stereocenters. The Morgan fingerprint density at radius 2 is 0.800 bits per heavy atom. The van der Waals surface area contributed by atoms with E-state index in [2.05, 4.69) is 174 Å². The summed E-state index contributed by atoms with van der Waals surface area (Å²) in [6, 6.07) is 60.3. The predicted octanol–water partition coefficient (Wildman–Crippen LogP) is 9.23. The highest BCUT2D eigenvalue weighted by Crippen LogP contribution is 2.48. The van der Waals surface area contributed by atoms with Gasteiger partial charge in [-0.05, 0) is 62.9 Å². The predicted molar refractivity (Wildman–Crippen MR) is 193 cm³/mol. The Bertz CT molecular complexity index is 2460. The number of anilines is 6. The lowest BCUT2D eigenvalue weighted by molar-refractivity contribution is 1.27. The summed E-state index contributed by atoms with van der Waals surface area (Å²) in [5.74, 6) is 0. The van der Waals surface area contributed by atoms with Gasteiger partial charge in [0.05, 0.1) is 5.69 Å². The van der Waals surface area contributed by atoms with Gasteiger partial charge in [-0.15, -0.1) is 0 Å². The van der Waals surface area contributed by atoms with Crippen LogP contribution in [0.25, 0.3) is 32.3 Å². The lowest BCUT2D eigenvalue weighted by atomic mass is 9.33. The minimum Gasteiger partial charge on any atom is -0.311 e. The summed E-state index contributed by atoms with van der Waals surface area (Å²) < 4.78 is 0. The fourth-order valence-electron chi connectivity index (χ4n) is 7.95. The van der Waals surface area contributed by atoms with Crippen molar-refractivity contribution in [3.05, 3.63) is 164 Å². The van der Waals surface area contributed by atoms with Crippen molar-refractivity contribution in [1.29, 1.82) is 0 Å². The van der Waals surface area contributed by atoms with Crippen molar-refractivity contribution in [3.8, 4) is 0 Å². The third-order valence-corrected chi connectivity index (χ3v) is 9.79. The molecule has 8 aromatic carbocycles. The van der Waals surface area contributed by atoms with Crippen molar-refractivity contribution in [2.45, 2.75) is 0 Å². The van der Waals surface area contributed by atoms with Crippen molar-refractivity contribution < 1.29 is 0 Å². The summed E-state index contributed by atoms with van der Waals surface area (Å²) in [4.78, 5) is 5.05. The maximum atomic E-state index is 2.55. The summed E-state index contributed by atoms with van der Waals surface area (Å²) in [6.45, 7) is 0.0848. The highest BCUT2D eigenvalue weighted by molar-refractivity contribution is 7.00. The van der Waals surface area contributed by atoms with E-state index in [-0.39, 0.29) is 6.71 Å². The van der Waals surface area contributed by atoms with Crippen molar-refractivity contribution in [2.24, 2.45) is 0 Å². The molecular formula is C42H27BN2. The van der Waals surface area contributed by atoms with Crippen LogP contribution in [0.2, 0.25) is 0 Å². The molecule has 0 unspecified atom stereocenters. The molecule has 8 aromatic rings. The molecule has 0 spiro atoms. The molecule has 0 saturated heterocycles. The van der Waals surface area contributed by atoms with E-state index < -0.39 is 0 Å². The highest BCUT2D eigenvalue weighted by atomic mass is 15.2. The molecule has 0 radical (unpaired) electrons. The topological polar surface area (TPSA) is 6.48 Å². The van der Waals surface area contributed by atoms with E-state index in [9.17, 15) is 0 Å². The zero-order valence-electron chi connectivity index (χ0n) is 24.6. The van der Waals surface area contributed by atoms with Gasteiger partial charge in [-0.3, -0.25) is 0 Å². The molecule has 0 amide bonds. The number of rotatable bonds is 2. The lowest BCUT2D eigenvalue weighted by Crippen LogP contribution is -2.61. The van der Waals surface area contributed by atoms with Gasteiger partial charge >= 0.3 is 0 Å². The van der Waals surface area contributed by atoms with Gasteiger partial charge in [-0.1, -0.05) is 133 Å². The van der Waals surface area contributed by atoms with Crippen LogP contribution in [0.3, 0.4) is 0 Å². The van der Waals surface area contributed by atoms with Crippen LogP contribution in [0, 0.1) is 0 Å². The smallest absolute Gasteiger partial charge is 0.252 e. The Labute approximate surface area is 262 Å². The summed E-state index contributed by atoms with van der Waals surface area (Å²) in [5.41, 5.74) is 11.4. The third-order valence-electron chi connectivity index (χ3n) is 9.79. The van der Waals surface area contributed by atoms with Crippen LogP contribution in [-0.4, -0.2) is 6.71 Å². The average Bonchev–Trinajstić information content (AvgIpc) is 3.11. The molecular weight excluding hydrogens is 543 g/mol.